The predicted octanol–water partition coefficient (Wildman–Crippen LogP) is 2.99. The lowest BCUT2D eigenvalue weighted by Gasteiger charge is -2.07. The Bertz CT molecular complexity index is 432. The van der Waals surface area contributed by atoms with Crippen LogP contribution < -0.4 is 5.32 Å². The summed E-state index contributed by atoms with van der Waals surface area (Å²) in [4.78, 5) is 11.6. The minimum Gasteiger partial charge on any atom is -0.396 e. The largest absolute Gasteiger partial charge is 0.396 e. The number of carbonyl (C=O) groups excluding carboxylic acids is 1. The molecule has 0 saturated heterocycles. The van der Waals surface area contributed by atoms with Gasteiger partial charge < -0.3 is 10.4 Å². The SMILES string of the molecule is CC(CO)CCCNC(=O)/C=C/c1ccccc1Br. The minimum atomic E-state index is -0.0904. The zero-order valence-electron chi connectivity index (χ0n) is 11.1. The van der Waals surface area contributed by atoms with E-state index in [-0.39, 0.29) is 12.5 Å². The molecule has 0 radical (unpaired) electrons. The molecule has 0 aliphatic carbocycles. The summed E-state index contributed by atoms with van der Waals surface area (Å²) in [5, 5.41) is 11.7. The molecule has 1 aromatic carbocycles. The number of carbonyl (C=O) groups is 1. The van der Waals surface area contributed by atoms with Crippen LogP contribution in [0.15, 0.2) is 34.8 Å². The fraction of sp³-hybridized carbons (Fsp3) is 0.400. The number of rotatable bonds is 7. The Morgan fingerprint density at radius 3 is 2.89 bits per heavy atom. The Labute approximate surface area is 122 Å². The van der Waals surface area contributed by atoms with E-state index in [1.807, 2.05) is 31.2 Å². The van der Waals surface area contributed by atoms with Crippen molar-refractivity contribution in [1.29, 1.82) is 0 Å². The summed E-state index contributed by atoms with van der Waals surface area (Å²) in [6.07, 6.45) is 5.13. The number of hydrogen-bond donors (Lipinski definition) is 2. The van der Waals surface area contributed by atoms with Crippen molar-refractivity contribution in [2.45, 2.75) is 19.8 Å². The second kappa shape index (κ2) is 8.88. The third kappa shape index (κ3) is 6.55. The molecule has 104 valence electrons. The molecule has 0 bridgehead atoms. The van der Waals surface area contributed by atoms with Gasteiger partial charge in [0, 0.05) is 23.7 Å². The van der Waals surface area contributed by atoms with E-state index in [1.54, 1.807) is 6.08 Å². The minimum absolute atomic E-state index is 0.0904. The van der Waals surface area contributed by atoms with E-state index < -0.39 is 0 Å². The summed E-state index contributed by atoms with van der Waals surface area (Å²) >= 11 is 3.43. The van der Waals surface area contributed by atoms with Crippen molar-refractivity contribution in [1.82, 2.24) is 5.32 Å². The summed E-state index contributed by atoms with van der Waals surface area (Å²) in [7, 11) is 0. The molecule has 0 spiro atoms. The van der Waals surface area contributed by atoms with Crippen molar-refractivity contribution < 1.29 is 9.90 Å². The first-order chi connectivity index (χ1) is 9.13. The average Bonchev–Trinajstić information content (AvgIpc) is 2.42. The molecule has 1 amide bonds. The molecule has 1 unspecified atom stereocenters. The molecule has 0 fully saturated rings. The van der Waals surface area contributed by atoms with Gasteiger partial charge in [-0.05, 0) is 36.5 Å². The summed E-state index contributed by atoms with van der Waals surface area (Å²) < 4.78 is 0.968. The van der Waals surface area contributed by atoms with Crippen LogP contribution in [0.25, 0.3) is 6.08 Å². The third-order valence-electron chi connectivity index (χ3n) is 2.80. The molecule has 0 aromatic heterocycles. The van der Waals surface area contributed by atoms with Gasteiger partial charge in [0.25, 0.3) is 0 Å². The van der Waals surface area contributed by atoms with Crippen LogP contribution in [0.2, 0.25) is 0 Å². The van der Waals surface area contributed by atoms with Gasteiger partial charge in [-0.3, -0.25) is 4.79 Å². The number of benzene rings is 1. The molecule has 4 heteroatoms. The van der Waals surface area contributed by atoms with Gasteiger partial charge in [-0.1, -0.05) is 41.1 Å². The zero-order chi connectivity index (χ0) is 14.1. The number of halogens is 1. The fourth-order valence-corrected chi connectivity index (χ4v) is 2.00. The molecule has 1 rings (SSSR count). The smallest absolute Gasteiger partial charge is 0.243 e. The zero-order valence-corrected chi connectivity index (χ0v) is 12.7. The van der Waals surface area contributed by atoms with Gasteiger partial charge in [0.2, 0.25) is 5.91 Å². The molecular formula is C15H20BrNO2. The van der Waals surface area contributed by atoms with Crippen LogP contribution in [0.1, 0.15) is 25.3 Å². The van der Waals surface area contributed by atoms with E-state index in [0.29, 0.717) is 12.5 Å². The average molecular weight is 326 g/mol. The Morgan fingerprint density at radius 2 is 2.21 bits per heavy atom. The normalized spacial score (nSPS) is 12.6. The Hall–Kier alpha value is -1.13. The molecular weight excluding hydrogens is 306 g/mol. The highest BCUT2D eigenvalue weighted by molar-refractivity contribution is 9.10. The molecule has 0 saturated carbocycles. The maximum Gasteiger partial charge on any atom is 0.243 e. The first-order valence-electron chi connectivity index (χ1n) is 6.44. The maximum atomic E-state index is 11.6. The summed E-state index contributed by atoms with van der Waals surface area (Å²) in [6, 6.07) is 7.74. The van der Waals surface area contributed by atoms with Gasteiger partial charge in [0.05, 0.1) is 0 Å². The molecule has 0 heterocycles. The van der Waals surface area contributed by atoms with Crippen molar-refractivity contribution >= 4 is 27.9 Å². The van der Waals surface area contributed by atoms with Crippen molar-refractivity contribution in [3.05, 3.63) is 40.4 Å². The highest BCUT2D eigenvalue weighted by Gasteiger charge is 2.00. The number of amides is 1. The van der Waals surface area contributed by atoms with Gasteiger partial charge in [0.1, 0.15) is 0 Å². The monoisotopic (exact) mass is 325 g/mol. The van der Waals surface area contributed by atoms with Crippen LogP contribution in [0, 0.1) is 5.92 Å². The van der Waals surface area contributed by atoms with E-state index in [0.717, 1.165) is 22.9 Å². The Balaban J connectivity index is 2.30. The molecule has 2 N–H and O–H groups in total. The van der Waals surface area contributed by atoms with Crippen molar-refractivity contribution in [3.63, 3.8) is 0 Å². The van der Waals surface area contributed by atoms with Gasteiger partial charge in [-0.25, -0.2) is 0 Å². The van der Waals surface area contributed by atoms with Crippen LogP contribution in [0.3, 0.4) is 0 Å². The Morgan fingerprint density at radius 1 is 1.47 bits per heavy atom. The fourth-order valence-electron chi connectivity index (χ4n) is 1.59. The van der Waals surface area contributed by atoms with E-state index in [4.69, 9.17) is 5.11 Å². The van der Waals surface area contributed by atoms with Crippen molar-refractivity contribution in [2.24, 2.45) is 5.92 Å². The lowest BCUT2D eigenvalue weighted by Crippen LogP contribution is -2.22. The first kappa shape index (κ1) is 15.9. The third-order valence-corrected chi connectivity index (χ3v) is 3.53. The second-order valence-corrected chi connectivity index (χ2v) is 5.43. The number of hydrogen-bond acceptors (Lipinski definition) is 2. The highest BCUT2D eigenvalue weighted by Crippen LogP contribution is 2.16. The lowest BCUT2D eigenvalue weighted by atomic mass is 10.1. The number of nitrogens with one attached hydrogen (secondary N) is 1. The van der Waals surface area contributed by atoms with Crippen molar-refractivity contribution in [3.8, 4) is 0 Å². The first-order valence-corrected chi connectivity index (χ1v) is 7.24. The van der Waals surface area contributed by atoms with Crippen LogP contribution in [0.5, 0.6) is 0 Å². The summed E-state index contributed by atoms with van der Waals surface area (Å²) in [6.45, 7) is 2.84. The molecule has 1 aromatic rings. The predicted molar refractivity (Wildman–Crippen MR) is 81.7 cm³/mol. The van der Waals surface area contributed by atoms with Crippen LogP contribution in [0.4, 0.5) is 0 Å². The number of aliphatic hydroxyl groups is 1. The summed E-state index contributed by atoms with van der Waals surface area (Å²) in [5.41, 5.74) is 0.978. The highest BCUT2D eigenvalue weighted by atomic mass is 79.9. The molecule has 19 heavy (non-hydrogen) atoms. The second-order valence-electron chi connectivity index (χ2n) is 4.58. The van der Waals surface area contributed by atoms with Gasteiger partial charge in [-0.15, -0.1) is 0 Å². The lowest BCUT2D eigenvalue weighted by molar-refractivity contribution is -0.116. The van der Waals surface area contributed by atoms with Crippen LogP contribution >= 0.6 is 15.9 Å². The van der Waals surface area contributed by atoms with E-state index >= 15 is 0 Å². The molecule has 0 aliphatic heterocycles. The van der Waals surface area contributed by atoms with E-state index in [1.165, 1.54) is 6.08 Å². The van der Waals surface area contributed by atoms with Gasteiger partial charge in [0.15, 0.2) is 0 Å². The Kier molecular flexibility index (Phi) is 7.45. The van der Waals surface area contributed by atoms with Crippen LogP contribution in [-0.2, 0) is 4.79 Å². The standard InChI is InChI=1S/C15H20BrNO2/c1-12(11-18)5-4-10-17-15(19)9-8-13-6-2-3-7-14(13)16/h2-3,6-9,12,18H,4-5,10-11H2,1H3,(H,17,19)/b9-8+. The summed E-state index contributed by atoms with van der Waals surface area (Å²) in [5.74, 6) is 0.208. The van der Waals surface area contributed by atoms with E-state index in [9.17, 15) is 4.79 Å². The number of aliphatic hydroxyl groups excluding tert-OH is 1. The van der Waals surface area contributed by atoms with Gasteiger partial charge in [-0.2, -0.15) is 0 Å². The quantitative estimate of drug-likeness (QED) is 0.598. The van der Waals surface area contributed by atoms with Crippen LogP contribution in [-0.4, -0.2) is 24.2 Å². The van der Waals surface area contributed by atoms with Gasteiger partial charge >= 0.3 is 0 Å². The molecule has 1 atom stereocenters. The van der Waals surface area contributed by atoms with E-state index in [2.05, 4.69) is 21.2 Å². The van der Waals surface area contributed by atoms with Crippen molar-refractivity contribution in [2.75, 3.05) is 13.2 Å². The molecule has 0 aliphatic rings. The topological polar surface area (TPSA) is 49.3 Å². The maximum absolute atomic E-state index is 11.6. The molecule has 3 nitrogen and oxygen atoms in total.